The Morgan fingerprint density at radius 1 is 0.623 bits per heavy atom. The molecule has 15 nitrogen and oxygen atoms in total. The van der Waals surface area contributed by atoms with E-state index in [1.165, 1.54) is 0 Å². The number of nitriles is 2. The van der Waals surface area contributed by atoms with Gasteiger partial charge in [0.15, 0.2) is 17.1 Å². The Bertz CT molecular complexity index is 3040. The zero-order chi connectivity index (χ0) is 42.1. The minimum Gasteiger partial charge on any atom is -0.497 e. The first-order valence-corrected chi connectivity index (χ1v) is 18.9. The highest BCUT2D eigenvalue weighted by Crippen LogP contribution is 2.37. The zero-order valence-corrected chi connectivity index (χ0v) is 33.2. The maximum Gasteiger partial charge on any atom is 0.186 e. The summed E-state index contributed by atoms with van der Waals surface area (Å²) in [5.74, 6) is 4.68. The molecule has 0 aliphatic rings. The lowest BCUT2D eigenvalue weighted by molar-refractivity contribution is 0.414. The van der Waals surface area contributed by atoms with Gasteiger partial charge in [-0.3, -0.25) is 5.10 Å². The van der Waals surface area contributed by atoms with Crippen molar-refractivity contribution in [3.8, 4) is 40.9 Å². The molecule has 0 atom stereocenters. The summed E-state index contributed by atoms with van der Waals surface area (Å²) in [5.41, 5.74) is 6.61. The molecule has 298 valence electrons. The summed E-state index contributed by atoms with van der Waals surface area (Å²) < 4.78 is 19.4. The highest BCUT2D eigenvalue weighted by Gasteiger charge is 2.19. The number of pyridine rings is 4. The molecule has 0 saturated carbocycles. The van der Waals surface area contributed by atoms with Crippen LogP contribution in [-0.2, 0) is 6.54 Å². The Morgan fingerprint density at radius 2 is 1.16 bits per heavy atom. The number of hydrogen-bond acceptors (Lipinski definition) is 13. The fourth-order valence-corrected chi connectivity index (χ4v) is 6.24. The molecule has 0 aliphatic carbocycles. The Balaban J connectivity index is 0.000000176. The number of H-pyrrole nitrogens is 1. The summed E-state index contributed by atoms with van der Waals surface area (Å²) in [7, 11) is 1.64. The number of methoxy groups -OCH3 is 1. The van der Waals surface area contributed by atoms with Crippen molar-refractivity contribution in [1.82, 2.24) is 39.9 Å². The van der Waals surface area contributed by atoms with Crippen LogP contribution in [0.5, 0.6) is 28.7 Å². The van der Waals surface area contributed by atoms with E-state index in [9.17, 15) is 5.26 Å². The van der Waals surface area contributed by atoms with E-state index in [0.29, 0.717) is 69.5 Å². The largest absolute Gasteiger partial charge is 0.497 e. The van der Waals surface area contributed by atoms with Gasteiger partial charge in [0.25, 0.3) is 0 Å². The smallest absolute Gasteiger partial charge is 0.186 e. The molecule has 3 N–H and O–H groups in total. The van der Waals surface area contributed by atoms with Crippen molar-refractivity contribution in [3.05, 3.63) is 162 Å². The SMILES string of the molecule is COc1ccc(Cn2nc(Nc3ccnc(C#N)c3)c3c(Oc4ccc(C)cc4)ccnc32)cc1.Cc1ccc(Oc2ccnc3n[nH]c(Nc4ccnc(C#N)c4)c23)cc1. The third-order valence-electron chi connectivity index (χ3n) is 9.28. The minimum absolute atomic E-state index is 0.311. The van der Waals surface area contributed by atoms with Crippen LogP contribution >= 0.6 is 0 Å². The first-order chi connectivity index (χ1) is 29.8. The van der Waals surface area contributed by atoms with Crippen molar-refractivity contribution in [2.24, 2.45) is 0 Å². The molecule has 3 aromatic carbocycles. The van der Waals surface area contributed by atoms with Gasteiger partial charge in [-0.05, 0) is 80.1 Å². The standard InChI is InChI=1S/C27H22N6O2.C19H14N6O/c1-18-3-7-23(8-4-18)35-24-12-14-30-27-25(24)26(31-20-11-13-29-21(15-20)16-28)32-33(27)17-19-5-9-22(34-2)10-6-19;1-12-2-4-15(5-3-12)26-16-7-9-22-18-17(16)19(25-24-18)23-13-6-8-21-14(10-13)11-20/h3-15H,17H2,1-2H3,(H,29,31,32);2-10H,1H3,(H2,21,22,23,24,25). The van der Waals surface area contributed by atoms with Crippen LogP contribution in [0.4, 0.5) is 23.0 Å². The van der Waals surface area contributed by atoms with Gasteiger partial charge in [-0.15, -0.1) is 0 Å². The summed E-state index contributed by atoms with van der Waals surface area (Å²) in [6, 6.07) is 38.1. The van der Waals surface area contributed by atoms with Gasteiger partial charge >= 0.3 is 0 Å². The van der Waals surface area contributed by atoms with Gasteiger partial charge in [0, 0.05) is 48.3 Å². The van der Waals surface area contributed by atoms with E-state index in [2.05, 4.69) is 46.8 Å². The molecule has 0 aliphatic heterocycles. The van der Waals surface area contributed by atoms with Crippen molar-refractivity contribution in [2.45, 2.75) is 20.4 Å². The quantitative estimate of drug-likeness (QED) is 0.112. The molecule has 0 radical (unpaired) electrons. The van der Waals surface area contributed by atoms with Gasteiger partial charge in [-0.2, -0.15) is 20.7 Å². The fourth-order valence-electron chi connectivity index (χ4n) is 6.24. The molecule has 0 saturated heterocycles. The number of anilines is 4. The number of aryl methyl sites for hydroxylation is 2. The molecule has 6 heterocycles. The molecule has 61 heavy (non-hydrogen) atoms. The van der Waals surface area contributed by atoms with Gasteiger partial charge in [0.2, 0.25) is 0 Å². The predicted molar refractivity (Wildman–Crippen MR) is 230 cm³/mol. The number of benzene rings is 3. The molecule has 9 aromatic rings. The summed E-state index contributed by atoms with van der Waals surface area (Å²) in [6.07, 6.45) is 6.51. The van der Waals surface area contributed by atoms with Crippen LogP contribution in [0, 0.1) is 36.5 Å². The van der Waals surface area contributed by atoms with Crippen molar-refractivity contribution in [2.75, 3.05) is 17.7 Å². The number of aromatic nitrogens is 8. The molecule has 15 heteroatoms. The molecule has 0 unspecified atom stereocenters. The lowest BCUT2D eigenvalue weighted by Crippen LogP contribution is -2.03. The highest BCUT2D eigenvalue weighted by molar-refractivity contribution is 5.95. The lowest BCUT2D eigenvalue weighted by Gasteiger charge is -2.09. The maximum atomic E-state index is 9.23. The van der Waals surface area contributed by atoms with Crippen molar-refractivity contribution < 1.29 is 14.2 Å². The van der Waals surface area contributed by atoms with E-state index in [1.54, 1.807) is 62.2 Å². The highest BCUT2D eigenvalue weighted by atomic mass is 16.5. The van der Waals surface area contributed by atoms with Gasteiger partial charge in [0.1, 0.15) is 68.9 Å². The van der Waals surface area contributed by atoms with Gasteiger partial charge < -0.3 is 24.8 Å². The Kier molecular flexibility index (Phi) is 11.4. The second-order valence-corrected chi connectivity index (χ2v) is 13.6. The predicted octanol–water partition coefficient (Wildman–Crippen LogP) is 9.67. The number of aromatic amines is 1. The third-order valence-corrected chi connectivity index (χ3v) is 9.28. The van der Waals surface area contributed by atoms with Crippen molar-refractivity contribution in [3.63, 3.8) is 0 Å². The molecule has 0 spiro atoms. The number of ether oxygens (including phenoxy) is 3. The Morgan fingerprint density at radius 3 is 1.75 bits per heavy atom. The van der Waals surface area contributed by atoms with Crippen LogP contribution in [-0.4, -0.2) is 47.0 Å². The van der Waals surface area contributed by atoms with Crippen LogP contribution in [0.1, 0.15) is 28.1 Å². The lowest BCUT2D eigenvalue weighted by atomic mass is 10.2. The summed E-state index contributed by atoms with van der Waals surface area (Å²) in [6.45, 7) is 4.56. The number of rotatable bonds is 11. The van der Waals surface area contributed by atoms with Crippen LogP contribution in [0.3, 0.4) is 0 Å². The van der Waals surface area contributed by atoms with E-state index >= 15 is 0 Å². The molecule has 6 aromatic heterocycles. The monoisotopic (exact) mass is 804 g/mol. The Labute approximate surface area is 349 Å². The summed E-state index contributed by atoms with van der Waals surface area (Å²) >= 11 is 0. The summed E-state index contributed by atoms with van der Waals surface area (Å²) in [5, 5.41) is 38.2. The van der Waals surface area contributed by atoms with Gasteiger partial charge in [-0.25, -0.2) is 24.6 Å². The molecule has 0 fully saturated rings. The zero-order valence-electron chi connectivity index (χ0n) is 33.2. The van der Waals surface area contributed by atoms with E-state index in [4.69, 9.17) is 24.6 Å². The topological polar surface area (TPSA) is 197 Å². The van der Waals surface area contributed by atoms with Crippen LogP contribution in [0.25, 0.3) is 22.1 Å². The Hall–Kier alpha value is -8.82. The van der Waals surface area contributed by atoms with Gasteiger partial charge in [-0.1, -0.05) is 47.5 Å². The van der Waals surface area contributed by atoms with Gasteiger partial charge in [0.05, 0.1) is 13.7 Å². The van der Waals surface area contributed by atoms with Crippen molar-refractivity contribution in [1.29, 1.82) is 10.5 Å². The molecule has 0 amide bonds. The van der Waals surface area contributed by atoms with E-state index in [0.717, 1.165) is 39.0 Å². The molecule has 0 bridgehead atoms. The minimum atomic E-state index is 0.311. The van der Waals surface area contributed by atoms with Crippen LogP contribution in [0.2, 0.25) is 0 Å². The molecule has 9 rings (SSSR count). The van der Waals surface area contributed by atoms with E-state index in [1.807, 2.05) is 103 Å². The average molecular weight is 805 g/mol. The second-order valence-electron chi connectivity index (χ2n) is 13.6. The van der Waals surface area contributed by atoms with Crippen LogP contribution < -0.4 is 24.8 Å². The number of fused-ring (bicyclic) bond motifs is 2. The fraction of sp³-hybridized carbons (Fsp3) is 0.0870. The first-order valence-electron chi connectivity index (χ1n) is 18.9. The molecular weight excluding hydrogens is 769 g/mol. The normalized spacial score (nSPS) is 10.6. The summed E-state index contributed by atoms with van der Waals surface area (Å²) in [4.78, 5) is 16.9. The number of hydrogen-bond donors (Lipinski definition) is 3. The van der Waals surface area contributed by atoms with Crippen LogP contribution in [0.15, 0.2) is 134 Å². The van der Waals surface area contributed by atoms with E-state index in [-0.39, 0.29) is 0 Å². The third kappa shape index (κ3) is 9.17. The average Bonchev–Trinajstić information content (AvgIpc) is 3.87. The molecular formula is C46H36N12O3. The number of nitrogens with one attached hydrogen (secondary N) is 3. The first kappa shape index (κ1) is 39.0. The van der Waals surface area contributed by atoms with Crippen molar-refractivity contribution >= 4 is 45.1 Å². The number of nitrogens with zero attached hydrogens (tertiary/aromatic N) is 9. The van der Waals surface area contributed by atoms with E-state index < -0.39 is 0 Å². The second kappa shape index (κ2) is 17.8. The maximum absolute atomic E-state index is 9.23.